The van der Waals surface area contributed by atoms with Crippen molar-refractivity contribution in [3.63, 3.8) is 0 Å². The van der Waals surface area contributed by atoms with E-state index in [0.717, 1.165) is 28.9 Å². The van der Waals surface area contributed by atoms with Crippen LogP contribution in [0.15, 0.2) is 36.4 Å². The molecule has 1 N–H and O–H groups in total. The Balaban J connectivity index is 1.85. The Morgan fingerprint density at radius 1 is 1.25 bits per heavy atom. The number of hydrogen-bond acceptors (Lipinski definition) is 4. The number of amides is 1. The van der Waals surface area contributed by atoms with Crippen LogP contribution in [0.1, 0.15) is 40.6 Å². The molecule has 6 heteroatoms. The molecule has 0 saturated heterocycles. The first kappa shape index (κ1) is 20.3. The molecule has 0 atom stereocenters. The lowest BCUT2D eigenvalue weighted by atomic mass is 10.1. The highest BCUT2D eigenvalue weighted by Crippen LogP contribution is 2.34. The number of hydrogen-bond donors (Lipinski definition) is 1. The lowest BCUT2D eigenvalue weighted by Gasteiger charge is -2.11. The summed E-state index contributed by atoms with van der Waals surface area (Å²) >= 11 is 1.27. The number of rotatable bonds is 8. The minimum absolute atomic E-state index is 0.173. The van der Waals surface area contributed by atoms with Crippen molar-refractivity contribution in [1.82, 2.24) is 0 Å². The van der Waals surface area contributed by atoms with Crippen LogP contribution in [0.4, 0.5) is 10.1 Å². The second-order valence-corrected chi connectivity index (χ2v) is 7.64. The number of anilines is 1. The third kappa shape index (κ3) is 4.34. The number of thiophene rings is 1. The van der Waals surface area contributed by atoms with Gasteiger partial charge in [-0.3, -0.25) is 4.79 Å². The minimum atomic E-state index is -0.343. The summed E-state index contributed by atoms with van der Waals surface area (Å²) in [6.45, 7) is 4.89. The first-order valence-corrected chi connectivity index (χ1v) is 10.1. The molecule has 0 radical (unpaired) electrons. The molecule has 148 valence electrons. The van der Waals surface area contributed by atoms with E-state index in [1.807, 2.05) is 31.2 Å². The summed E-state index contributed by atoms with van der Waals surface area (Å²) in [6.07, 6.45) is 2.08. The van der Waals surface area contributed by atoms with Crippen LogP contribution in [0.25, 0.3) is 10.1 Å². The summed E-state index contributed by atoms with van der Waals surface area (Å²) in [5, 5.41) is 3.39. The average Bonchev–Trinajstić information content (AvgIpc) is 3.04. The molecular formula is C22H24FNO3S. The van der Waals surface area contributed by atoms with E-state index < -0.39 is 0 Å². The number of fused-ring (bicyclic) bond motifs is 1. The van der Waals surface area contributed by atoms with Crippen molar-refractivity contribution in [3.05, 3.63) is 58.2 Å². The maximum Gasteiger partial charge on any atom is 0.266 e. The standard InChI is InChI=1S/C22H24FNO3S/c1-4-5-11-27-15-9-10-18(14(2)12-15)24-22(25)21-16(13-26-3)20-17(23)7-6-8-19(20)28-21/h6-10,12H,4-5,11,13H2,1-3H3,(H,24,25). The molecule has 1 amide bonds. The Kier molecular flexibility index (Phi) is 6.65. The van der Waals surface area contributed by atoms with Gasteiger partial charge in [0.2, 0.25) is 0 Å². The number of nitrogens with one attached hydrogen (secondary N) is 1. The van der Waals surface area contributed by atoms with Crippen LogP contribution in [0.3, 0.4) is 0 Å². The van der Waals surface area contributed by atoms with Crippen molar-refractivity contribution in [2.24, 2.45) is 0 Å². The topological polar surface area (TPSA) is 47.6 Å². The molecule has 0 aliphatic heterocycles. The fourth-order valence-corrected chi connectivity index (χ4v) is 4.13. The summed E-state index contributed by atoms with van der Waals surface area (Å²) in [7, 11) is 1.54. The number of benzene rings is 2. The maximum atomic E-state index is 14.3. The summed E-state index contributed by atoms with van der Waals surface area (Å²) < 4.78 is 26.0. The molecule has 0 fully saturated rings. The number of ether oxygens (including phenoxy) is 2. The lowest BCUT2D eigenvalue weighted by molar-refractivity contribution is 0.102. The van der Waals surface area contributed by atoms with Crippen LogP contribution >= 0.6 is 11.3 Å². The van der Waals surface area contributed by atoms with E-state index >= 15 is 0 Å². The quantitative estimate of drug-likeness (QED) is 0.476. The minimum Gasteiger partial charge on any atom is -0.494 e. The Morgan fingerprint density at radius 2 is 2.07 bits per heavy atom. The molecule has 0 unspecified atom stereocenters. The largest absolute Gasteiger partial charge is 0.494 e. The molecule has 4 nitrogen and oxygen atoms in total. The van der Waals surface area contributed by atoms with Gasteiger partial charge in [-0.2, -0.15) is 0 Å². The fourth-order valence-electron chi connectivity index (χ4n) is 3.01. The summed E-state index contributed by atoms with van der Waals surface area (Å²) in [5.41, 5.74) is 2.19. The molecule has 28 heavy (non-hydrogen) atoms. The van der Waals surface area contributed by atoms with Crippen molar-refractivity contribution in [3.8, 4) is 5.75 Å². The number of carbonyl (C=O) groups is 1. The smallest absolute Gasteiger partial charge is 0.266 e. The molecular weight excluding hydrogens is 377 g/mol. The van der Waals surface area contributed by atoms with Crippen LogP contribution < -0.4 is 10.1 Å². The third-order valence-corrected chi connectivity index (χ3v) is 5.67. The third-order valence-electron chi connectivity index (χ3n) is 4.47. The van der Waals surface area contributed by atoms with Gasteiger partial charge in [-0.1, -0.05) is 19.4 Å². The zero-order valence-electron chi connectivity index (χ0n) is 16.3. The van der Waals surface area contributed by atoms with Gasteiger partial charge >= 0.3 is 0 Å². The molecule has 0 aliphatic rings. The van der Waals surface area contributed by atoms with E-state index in [0.29, 0.717) is 28.1 Å². The van der Waals surface area contributed by atoms with Crippen LogP contribution in [0.5, 0.6) is 5.75 Å². The SMILES string of the molecule is CCCCOc1ccc(NC(=O)c2sc3cccc(F)c3c2COC)c(C)c1. The predicted octanol–water partition coefficient (Wildman–Crippen LogP) is 5.93. The van der Waals surface area contributed by atoms with Gasteiger partial charge in [0.15, 0.2) is 0 Å². The fraction of sp³-hybridized carbons (Fsp3) is 0.318. The molecule has 1 aromatic heterocycles. The molecule has 2 aromatic carbocycles. The Bertz CT molecular complexity index is 983. The van der Waals surface area contributed by atoms with Crippen LogP contribution in [-0.2, 0) is 11.3 Å². The zero-order chi connectivity index (χ0) is 20.1. The highest BCUT2D eigenvalue weighted by molar-refractivity contribution is 7.21. The zero-order valence-corrected chi connectivity index (χ0v) is 17.1. The Labute approximate surface area is 168 Å². The van der Waals surface area contributed by atoms with Crippen molar-refractivity contribution < 1.29 is 18.7 Å². The normalized spacial score (nSPS) is 11.0. The van der Waals surface area contributed by atoms with Crippen molar-refractivity contribution in [1.29, 1.82) is 0 Å². The molecule has 3 aromatic rings. The lowest BCUT2D eigenvalue weighted by Crippen LogP contribution is -2.13. The first-order chi connectivity index (χ1) is 13.5. The Hall–Kier alpha value is -2.44. The van der Waals surface area contributed by atoms with Gasteiger partial charge in [0.05, 0.1) is 18.1 Å². The Morgan fingerprint density at radius 3 is 2.79 bits per heavy atom. The number of unbranched alkanes of at least 4 members (excludes halogenated alkanes) is 1. The molecule has 0 spiro atoms. The van der Waals surface area contributed by atoms with E-state index in [4.69, 9.17) is 9.47 Å². The number of carbonyl (C=O) groups excluding carboxylic acids is 1. The first-order valence-electron chi connectivity index (χ1n) is 9.28. The van der Waals surface area contributed by atoms with E-state index in [-0.39, 0.29) is 18.3 Å². The van der Waals surface area contributed by atoms with Gasteiger partial charge in [0.25, 0.3) is 5.91 Å². The van der Waals surface area contributed by atoms with E-state index in [2.05, 4.69) is 12.2 Å². The van der Waals surface area contributed by atoms with Gasteiger partial charge in [-0.05, 0) is 49.2 Å². The van der Waals surface area contributed by atoms with E-state index in [1.165, 1.54) is 24.5 Å². The summed E-state index contributed by atoms with van der Waals surface area (Å²) in [5.74, 6) is 0.174. The van der Waals surface area contributed by atoms with Crippen molar-refractivity contribution in [2.75, 3.05) is 19.0 Å². The van der Waals surface area contributed by atoms with Gasteiger partial charge in [-0.15, -0.1) is 11.3 Å². The van der Waals surface area contributed by atoms with Crippen LogP contribution in [0, 0.1) is 12.7 Å². The number of aryl methyl sites for hydroxylation is 1. The van der Waals surface area contributed by atoms with Gasteiger partial charge < -0.3 is 14.8 Å². The predicted molar refractivity (Wildman–Crippen MR) is 112 cm³/mol. The van der Waals surface area contributed by atoms with E-state index in [9.17, 15) is 9.18 Å². The van der Waals surface area contributed by atoms with Crippen molar-refractivity contribution >= 4 is 33.0 Å². The second-order valence-electron chi connectivity index (χ2n) is 6.59. The highest BCUT2D eigenvalue weighted by atomic mass is 32.1. The maximum absolute atomic E-state index is 14.3. The molecule has 3 rings (SSSR count). The summed E-state index contributed by atoms with van der Waals surface area (Å²) in [4.78, 5) is 13.4. The van der Waals surface area contributed by atoms with Gasteiger partial charge in [0, 0.05) is 28.4 Å². The average molecular weight is 402 g/mol. The van der Waals surface area contributed by atoms with Crippen molar-refractivity contribution in [2.45, 2.75) is 33.3 Å². The molecule has 0 bridgehead atoms. The monoisotopic (exact) mass is 401 g/mol. The summed E-state index contributed by atoms with van der Waals surface area (Å²) in [6, 6.07) is 10.4. The highest BCUT2D eigenvalue weighted by Gasteiger charge is 2.21. The molecule has 0 saturated carbocycles. The molecule has 0 aliphatic carbocycles. The number of methoxy groups -OCH3 is 1. The van der Waals surface area contributed by atoms with E-state index in [1.54, 1.807) is 6.07 Å². The number of halogens is 1. The second kappa shape index (κ2) is 9.17. The van der Waals surface area contributed by atoms with Gasteiger partial charge in [-0.25, -0.2) is 4.39 Å². The van der Waals surface area contributed by atoms with Crippen LogP contribution in [-0.4, -0.2) is 19.6 Å². The van der Waals surface area contributed by atoms with Gasteiger partial charge in [0.1, 0.15) is 11.6 Å². The van der Waals surface area contributed by atoms with Crippen LogP contribution in [0.2, 0.25) is 0 Å². The molecule has 1 heterocycles.